The molecule has 0 aliphatic carbocycles. The third kappa shape index (κ3) is 4.23. The predicted molar refractivity (Wildman–Crippen MR) is 98.8 cm³/mol. The Bertz CT molecular complexity index is 688. The van der Waals surface area contributed by atoms with Gasteiger partial charge in [-0.2, -0.15) is 0 Å². The molecule has 0 unspecified atom stereocenters. The van der Waals surface area contributed by atoms with Gasteiger partial charge in [0.15, 0.2) is 0 Å². The average molecular weight is 342 g/mol. The second-order valence-electron chi connectivity index (χ2n) is 5.59. The summed E-state index contributed by atoms with van der Waals surface area (Å²) in [5.41, 5.74) is 2.23. The van der Waals surface area contributed by atoms with E-state index in [1.165, 1.54) is 4.90 Å². The van der Waals surface area contributed by atoms with E-state index >= 15 is 0 Å². The number of nitrogens with zero attached hydrogens (tertiary/aromatic N) is 1. The Labute approximate surface area is 147 Å². The van der Waals surface area contributed by atoms with Gasteiger partial charge in [0.1, 0.15) is 5.75 Å². The van der Waals surface area contributed by atoms with Gasteiger partial charge in [-0.1, -0.05) is 24.3 Å². The third-order valence-corrected chi connectivity index (χ3v) is 4.93. The number of carbonyl (C=O) groups excluding carboxylic acids is 1. The zero-order valence-electron chi connectivity index (χ0n) is 13.8. The zero-order chi connectivity index (χ0) is 16.8. The molecule has 4 nitrogen and oxygen atoms in total. The van der Waals surface area contributed by atoms with Crippen molar-refractivity contribution in [3.63, 3.8) is 0 Å². The van der Waals surface area contributed by atoms with Gasteiger partial charge in [0.25, 0.3) is 0 Å². The lowest BCUT2D eigenvalue weighted by molar-refractivity contribution is -0.119. The minimum absolute atomic E-state index is 0.0468. The van der Waals surface area contributed by atoms with E-state index in [9.17, 15) is 4.79 Å². The van der Waals surface area contributed by atoms with Gasteiger partial charge in [-0.3, -0.25) is 4.79 Å². The van der Waals surface area contributed by atoms with Crippen molar-refractivity contribution in [2.24, 2.45) is 0 Å². The maximum absolute atomic E-state index is 12.3. The van der Waals surface area contributed by atoms with Gasteiger partial charge in [-0.05, 0) is 36.8 Å². The molecular weight excluding hydrogens is 320 g/mol. The summed E-state index contributed by atoms with van der Waals surface area (Å²) in [6.45, 7) is 4.46. The van der Waals surface area contributed by atoms with Gasteiger partial charge in [-0.25, -0.2) is 0 Å². The maximum atomic E-state index is 12.3. The molecule has 0 bridgehead atoms. The van der Waals surface area contributed by atoms with Crippen LogP contribution in [0.3, 0.4) is 0 Å². The van der Waals surface area contributed by atoms with Crippen LogP contribution < -0.4 is 15.0 Å². The lowest BCUT2D eigenvalue weighted by atomic mass is 10.2. The molecule has 2 aromatic rings. The second kappa shape index (κ2) is 8.11. The summed E-state index contributed by atoms with van der Waals surface area (Å²) in [7, 11) is 0. The summed E-state index contributed by atoms with van der Waals surface area (Å²) < 4.78 is 5.42. The number of fused-ring (bicyclic) bond motifs is 1. The van der Waals surface area contributed by atoms with Gasteiger partial charge in [0.2, 0.25) is 5.91 Å². The molecule has 0 atom stereocenters. The van der Waals surface area contributed by atoms with E-state index < -0.39 is 0 Å². The lowest BCUT2D eigenvalue weighted by Crippen LogP contribution is -2.39. The van der Waals surface area contributed by atoms with E-state index in [1.54, 1.807) is 0 Å². The van der Waals surface area contributed by atoms with Crippen LogP contribution in [-0.4, -0.2) is 31.4 Å². The minimum atomic E-state index is 0.0468. The molecule has 1 heterocycles. The first-order valence-electron chi connectivity index (χ1n) is 8.21. The molecule has 0 aromatic heterocycles. The summed E-state index contributed by atoms with van der Waals surface area (Å²) >= 11 is 1.85. The molecule has 5 heteroatoms. The van der Waals surface area contributed by atoms with E-state index in [0.29, 0.717) is 19.7 Å². The second-order valence-corrected chi connectivity index (χ2v) is 6.73. The number of carbonyl (C=O) groups is 1. The van der Waals surface area contributed by atoms with Crippen LogP contribution in [0.4, 0.5) is 5.69 Å². The van der Waals surface area contributed by atoms with Gasteiger partial charge < -0.3 is 15.0 Å². The predicted octanol–water partition coefficient (Wildman–Crippen LogP) is 3.31. The molecule has 0 radical (unpaired) electrons. The summed E-state index contributed by atoms with van der Waals surface area (Å²) in [5.74, 6) is 1.92. The topological polar surface area (TPSA) is 41.6 Å². The SMILES string of the molecule is CCOc1ccc(CNC(=O)CN2CCSc3ccccc32)cc1. The Morgan fingerprint density at radius 2 is 2.00 bits per heavy atom. The quantitative estimate of drug-likeness (QED) is 0.874. The van der Waals surface area contributed by atoms with Crippen molar-refractivity contribution < 1.29 is 9.53 Å². The molecule has 0 fully saturated rings. The highest BCUT2D eigenvalue weighted by Crippen LogP contribution is 2.33. The van der Waals surface area contributed by atoms with Crippen molar-refractivity contribution in [3.05, 3.63) is 54.1 Å². The molecule has 0 saturated carbocycles. The molecule has 1 amide bonds. The first-order valence-corrected chi connectivity index (χ1v) is 9.20. The zero-order valence-corrected chi connectivity index (χ0v) is 14.6. The Morgan fingerprint density at radius 1 is 1.21 bits per heavy atom. The van der Waals surface area contributed by atoms with Crippen molar-refractivity contribution in [2.45, 2.75) is 18.4 Å². The molecule has 126 valence electrons. The number of rotatable bonds is 6. The molecule has 2 aromatic carbocycles. The normalized spacial score (nSPS) is 13.3. The lowest BCUT2D eigenvalue weighted by Gasteiger charge is -2.30. The first kappa shape index (κ1) is 16.7. The van der Waals surface area contributed by atoms with Gasteiger partial charge in [-0.15, -0.1) is 11.8 Å². The van der Waals surface area contributed by atoms with Gasteiger partial charge in [0, 0.05) is 23.7 Å². The monoisotopic (exact) mass is 342 g/mol. The van der Waals surface area contributed by atoms with Crippen LogP contribution in [0.2, 0.25) is 0 Å². The Hall–Kier alpha value is -2.14. The van der Waals surface area contributed by atoms with Crippen molar-refractivity contribution >= 4 is 23.4 Å². The number of para-hydroxylation sites is 1. The number of hydrogen-bond acceptors (Lipinski definition) is 4. The minimum Gasteiger partial charge on any atom is -0.494 e. The van der Waals surface area contributed by atoms with E-state index in [0.717, 1.165) is 29.3 Å². The van der Waals surface area contributed by atoms with E-state index in [1.807, 2.05) is 55.1 Å². The number of amides is 1. The van der Waals surface area contributed by atoms with Crippen LogP contribution in [0.1, 0.15) is 12.5 Å². The third-order valence-electron chi connectivity index (χ3n) is 3.88. The van der Waals surface area contributed by atoms with Crippen LogP contribution >= 0.6 is 11.8 Å². The first-order chi connectivity index (χ1) is 11.8. The highest BCUT2D eigenvalue weighted by atomic mass is 32.2. The summed E-state index contributed by atoms with van der Waals surface area (Å²) in [5, 5.41) is 3.00. The molecule has 1 aliphatic rings. The Morgan fingerprint density at radius 3 is 2.79 bits per heavy atom. The van der Waals surface area contributed by atoms with Crippen LogP contribution in [0, 0.1) is 0 Å². The summed E-state index contributed by atoms with van der Waals surface area (Å²) in [6, 6.07) is 16.1. The molecule has 0 spiro atoms. The number of ether oxygens (including phenoxy) is 1. The summed E-state index contributed by atoms with van der Waals surface area (Å²) in [6.07, 6.45) is 0. The van der Waals surface area contributed by atoms with Crippen molar-refractivity contribution in [3.8, 4) is 5.75 Å². The maximum Gasteiger partial charge on any atom is 0.239 e. The number of hydrogen-bond donors (Lipinski definition) is 1. The van der Waals surface area contributed by atoms with Crippen molar-refractivity contribution in [1.82, 2.24) is 5.32 Å². The fraction of sp³-hybridized carbons (Fsp3) is 0.316. The highest BCUT2D eigenvalue weighted by Gasteiger charge is 2.18. The van der Waals surface area contributed by atoms with Crippen molar-refractivity contribution in [2.75, 3.05) is 30.3 Å². The fourth-order valence-electron chi connectivity index (χ4n) is 2.69. The van der Waals surface area contributed by atoms with Crippen molar-refractivity contribution in [1.29, 1.82) is 0 Å². The summed E-state index contributed by atoms with van der Waals surface area (Å²) in [4.78, 5) is 15.7. The number of anilines is 1. The van der Waals surface area contributed by atoms with Crippen LogP contribution in [0.5, 0.6) is 5.75 Å². The molecule has 0 saturated heterocycles. The van der Waals surface area contributed by atoms with Gasteiger partial charge >= 0.3 is 0 Å². The standard InChI is InChI=1S/C19H22N2O2S/c1-2-23-16-9-7-15(8-10-16)13-20-19(22)14-21-11-12-24-18-6-4-3-5-17(18)21/h3-10H,2,11-14H2,1H3,(H,20,22). The van der Waals surface area contributed by atoms with E-state index in [4.69, 9.17) is 4.74 Å². The number of thioether (sulfide) groups is 1. The van der Waals surface area contributed by atoms with Crippen LogP contribution in [0.25, 0.3) is 0 Å². The Balaban J connectivity index is 1.53. The van der Waals surface area contributed by atoms with E-state index in [-0.39, 0.29) is 5.91 Å². The van der Waals surface area contributed by atoms with E-state index in [2.05, 4.69) is 22.3 Å². The van der Waals surface area contributed by atoms with Gasteiger partial charge in [0.05, 0.1) is 18.8 Å². The molecule has 24 heavy (non-hydrogen) atoms. The molecule has 1 aliphatic heterocycles. The average Bonchev–Trinajstić information content (AvgIpc) is 2.62. The largest absolute Gasteiger partial charge is 0.494 e. The number of benzene rings is 2. The fourth-order valence-corrected chi connectivity index (χ4v) is 3.74. The van der Waals surface area contributed by atoms with Crippen LogP contribution in [-0.2, 0) is 11.3 Å². The number of nitrogens with one attached hydrogen (secondary N) is 1. The molecular formula is C19H22N2O2S. The molecule has 1 N–H and O–H groups in total. The molecule has 3 rings (SSSR count). The smallest absolute Gasteiger partial charge is 0.239 e. The Kier molecular flexibility index (Phi) is 5.64. The highest BCUT2D eigenvalue weighted by molar-refractivity contribution is 7.99. The van der Waals surface area contributed by atoms with Crippen LogP contribution in [0.15, 0.2) is 53.4 Å².